The number of nitrogens with one attached hydrogen (secondary N) is 1. The van der Waals surface area contributed by atoms with Gasteiger partial charge in [-0.3, -0.25) is 0 Å². The summed E-state index contributed by atoms with van der Waals surface area (Å²) in [6.07, 6.45) is 4.81. The van der Waals surface area contributed by atoms with Crippen molar-refractivity contribution in [2.45, 2.75) is 39.5 Å². The Morgan fingerprint density at radius 3 is 2.84 bits per heavy atom. The summed E-state index contributed by atoms with van der Waals surface area (Å²) < 4.78 is 5.38. The summed E-state index contributed by atoms with van der Waals surface area (Å²) in [7, 11) is 0. The van der Waals surface area contributed by atoms with Gasteiger partial charge in [0.2, 0.25) is 11.2 Å². The lowest BCUT2D eigenvalue weighted by Gasteiger charge is -2.15. The fourth-order valence-corrected chi connectivity index (χ4v) is 2.57. The number of rotatable bonds is 6. The molecule has 0 amide bonds. The van der Waals surface area contributed by atoms with E-state index in [0.717, 1.165) is 18.9 Å². The van der Waals surface area contributed by atoms with Gasteiger partial charge < -0.3 is 10.1 Å². The number of anilines is 1. The molecule has 1 saturated carbocycles. The van der Waals surface area contributed by atoms with Crippen molar-refractivity contribution in [3.63, 3.8) is 0 Å². The molecule has 6 heteroatoms. The van der Waals surface area contributed by atoms with Crippen LogP contribution in [0.3, 0.4) is 0 Å². The molecule has 1 aliphatic rings. The van der Waals surface area contributed by atoms with E-state index in [2.05, 4.69) is 27.2 Å². The number of halogens is 1. The molecule has 1 fully saturated rings. The van der Waals surface area contributed by atoms with Crippen LogP contribution in [0.5, 0.6) is 6.01 Å². The summed E-state index contributed by atoms with van der Waals surface area (Å²) in [6, 6.07) is 0.295. The van der Waals surface area contributed by atoms with Crippen LogP contribution in [-0.4, -0.2) is 28.1 Å². The molecule has 0 spiro atoms. The summed E-state index contributed by atoms with van der Waals surface area (Å²) in [6.45, 7) is 5.80. The van der Waals surface area contributed by atoms with Crippen molar-refractivity contribution >= 4 is 17.5 Å². The minimum atomic E-state index is 0.170. The van der Waals surface area contributed by atoms with Gasteiger partial charge in [0.15, 0.2) is 0 Å². The van der Waals surface area contributed by atoms with Crippen LogP contribution in [-0.2, 0) is 0 Å². The fraction of sp³-hybridized carbons (Fsp3) is 0.769. The predicted octanol–water partition coefficient (Wildman–Crippen LogP) is 3.16. The third-order valence-corrected chi connectivity index (χ3v) is 3.75. The number of hydrogen-bond acceptors (Lipinski definition) is 5. The van der Waals surface area contributed by atoms with Crippen molar-refractivity contribution in [3.05, 3.63) is 5.28 Å². The maximum Gasteiger partial charge on any atom is 0.322 e. The summed E-state index contributed by atoms with van der Waals surface area (Å²) in [5.74, 6) is 1.96. The number of hydrogen-bond donors (Lipinski definition) is 1. The highest BCUT2D eigenvalue weighted by molar-refractivity contribution is 6.28. The topological polar surface area (TPSA) is 59.9 Å². The lowest BCUT2D eigenvalue weighted by atomic mass is 9.98. The van der Waals surface area contributed by atoms with E-state index in [4.69, 9.17) is 16.3 Å². The summed E-state index contributed by atoms with van der Waals surface area (Å²) in [5, 5.41) is 3.42. The SMILES string of the molecule is CCCOc1nc(Cl)nc(NCC2CCCC2C)n1. The molecule has 1 heterocycles. The van der Waals surface area contributed by atoms with E-state index in [1.54, 1.807) is 0 Å². The smallest absolute Gasteiger partial charge is 0.322 e. The number of nitrogens with zero attached hydrogens (tertiary/aromatic N) is 3. The van der Waals surface area contributed by atoms with Crippen molar-refractivity contribution in [1.29, 1.82) is 0 Å². The van der Waals surface area contributed by atoms with E-state index < -0.39 is 0 Å². The second-order valence-corrected chi connectivity index (χ2v) is 5.45. The summed E-state index contributed by atoms with van der Waals surface area (Å²) in [5.41, 5.74) is 0. The maximum absolute atomic E-state index is 5.87. The second-order valence-electron chi connectivity index (χ2n) is 5.11. The zero-order valence-electron chi connectivity index (χ0n) is 11.5. The third-order valence-electron chi connectivity index (χ3n) is 3.58. The summed E-state index contributed by atoms with van der Waals surface area (Å²) in [4.78, 5) is 12.2. The van der Waals surface area contributed by atoms with Crippen molar-refractivity contribution in [3.8, 4) is 6.01 Å². The molecule has 5 nitrogen and oxygen atoms in total. The highest BCUT2D eigenvalue weighted by Gasteiger charge is 2.23. The highest BCUT2D eigenvalue weighted by Crippen LogP contribution is 2.31. The summed E-state index contributed by atoms with van der Waals surface area (Å²) >= 11 is 5.87. The minimum absolute atomic E-state index is 0.170. The first-order valence-corrected chi connectivity index (χ1v) is 7.35. The molecule has 1 aromatic heterocycles. The Balaban J connectivity index is 1.93. The van der Waals surface area contributed by atoms with Crippen LogP contribution in [0.15, 0.2) is 0 Å². The largest absolute Gasteiger partial charge is 0.463 e. The normalized spacial score (nSPS) is 22.5. The van der Waals surface area contributed by atoms with Gasteiger partial charge in [-0.05, 0) is 36.3 Å². The third kappa shape index (κ3) is 4.20. The van der Waals surface area contributed by atoms with Crippen LogP contribution >= 0.6 is 11.6 Å². The molecular weight excluding hydrogens is 264 g/mol. The van der Waals surface area contributed by atoms with Gasteiger partial charge in [0.05, 0.1) is 6.61 Å². The molecule has 0 radical (unpaired) electrons. The quantitative estimate of drug-likeness (QED) is 0.869. The Morgan fingerprint density at radius 2 is 2.16 bits per heavy atom. The molecule has 19 heavy (non-hydrogen) atoms. The standard InChI is InChI=1S/C13H21ClN4O/c1-3-7-19-13-17-11(14)16-12(18-13)15-8-10-6-4-5-9(10)2/h9-10H,3-8H2,1-2H3,(H,15,16,17,18). The van der Waals surface area contributed by atoms with Crippen LogP contribution in [0.25, 0.3) is 0 Å². The lowest BCUT2D eigenvalue weighted by Crippen LogP contribution is -2.18. The molecule has 106 valence electrons. The van der Waals surface area contributed by atoms with E-state index in [1.165, 1.54) is 19.3 Å². The monoisotopic (exact) mass is 284 g/mol. The van der Waals surface area contributed by atoms with Crippen LogP contribution in [0.2, 0.25) is 5.28 Å². The average molecular weight is 285 g/mol. The Bertz CT molecular complexity index is 416. The first-order valence-electron chi connectivity index (χ1n) is 6.97. The van der Waals surface area contributed by atoms with Gasteiger partial charge in [-0.1, -0.05) is 26.7 Å². The van der Waals surface area contributed by atoms with E-state index in [-0.39, 0.29) is 5.28 Å². The predicted molar refractivity (Wildman–Crippen MR) is 75.6 cm³/mol. The van der Waals surface area contributed by atoms with E-state index in [0.29, 0.717) is 24.5 Å². The molecule has 0 aromatic carbocycles. The Labute approximate surface area is 119 Å². The zero-order chi connectivity index (χ0) is 13.7. The van der Waals surface area contributed by atoms with E-state index >= 15 is 0 Å². The Kier molecular flexibility index (Phi) is 5.19. The molecule has 1 aliphatic carbocycles. The van der Waals surface area contributed by atoms with Gasteiger partial charge in [0.1, 0.15) is 0 Å². The fourth-order valence-electron chi connectivity index (χ4n) is 2.42. The van der Waals surface area contributed by atoms with Gasteiger partial charge in [0, 0.05) is 6.54 Å². The van der Waals surface area contributed by atoms with Crippen LogP contribution in [0, 0.1) is 11.8 Å². The molecule has 2 unspecified atom stereocenters. The molecule has 2 rings (SSSR count). The van der Waals surface area contributed by atoms with Gasteiger partial charge >= 0.3 is 6.01 Å². The van der Waals surface area contributed by atoms with Gasteiger partial charge in [-0.15, -0.1) is 0 Å². The molecular formula is C13H21ClN4O. The number of ether oxygens (including phenoxy) is 1. The van der Waals surface area contributed by atoms with Crippen molar-refractivity contribution < 1.29 is 4.74 Å². The molecule has 0 saturated heterocycles. The molecule has 0 aliphatic heterocycles. The van der Waals surface area contributed by atoms with Gasteiger partial charge in [-0.25, -0.2) is 0 Å². The number of aromatic nitrogens is 3. The van der Waals surface area contributed by atoms with Crippen molar-refractivity contribution in [1.82, 2.24) is 15.0 Å². The van der Waals surface area contributed by atoms with Gasteiger partial charge in [0.25, 0.3) is 0 Å². The lowest BCUT2D eigenvalue weighted by molar-refractivity contribution is 0.291. The molecule has 2 atom stereocenters. The highest BCUT2D eigenvalue weighted by atomic mass is 35.5. The van der Waals surface area contributed by atoms with Crippen LogP contribution in [0.1, 0.15) is 39.5 Å². The van der Waals surface area contributed by atoms with Gasteiger partial charge in [-0.2, -0.15) is 15.0 Å². The average Bonchev–Trinajstić information content (AvgIpc) is 2.79. The van der Waals surface area contributed by atoms with Crippen LogP contribution in [0.4, 0.5) is 5.95 Å². The van der Waals surface area contributed by atoms with Crippen LogP contribution < -0.4 is 10.1 Å². The molecule has 1 N–H and O–H groups in total. The maximum atomic E-state index is 5.87. The molecule has 0 bridgehead atoms. The first kappa shape index (κ1) is 14.3. The zero-order valence-corrected chi connectivity index (χ0v) is 12.3. The first-order chi connectivity index (χ1) is 9.19. The van der Waals surface area contributed by atoms with E-state index in [1.807, 2.05) is 6.92 Å². The van der Waals surface area contributed by atoms with Crippen molar-refractivity contribution in [2.75, 3.05) is 18.5 Å². The van der Waals surface area contributed by atoms with Crippen molar-refractivity contribution in [2.24, 2.45) is 11.8 Å². The van der Waals surface area contributed by atoms with E-state index in [9.17, 15) is 0 Å². The molecule has 1 aromatic rings. The Hall–Kier alpha value is -1.10. The minimum Gasteiger partial charge on any atom is -0.463 e. The second kappa shape index (κ2) is 6.89. The Morgan fingerprint density at radius 1 is 1.32 bits per heavy atom.